The Balaban J connectivity index is 1.76. The smallest absolute Gasteiger partial charge is 0.196 e. The van der Waals surface area contributed by atoms with Crippen LogP contribution in [0.1, 0.15) is 22.3 Å². The minimum absolute atomic E-state index is 0.859. The Hall–Kier alpha value is -2.85. The van der Waals surface area contributed by atoms with Crippen LogP contribution in [-0.2, 0) is 5.75 Å². The normalized spacial score (nSPS) is 11.0. The van der Waals surface area contributed by atoms with Gasteiger partial charge in [-0.3, -0.25) is 4.57 Å². The van der Waals surface area contributed by atoms with Crippen molar-refractivity contribution in [2.75, 3.05) is 0 Å². The van der Waals surface area contributed by atoms with Crippen molar-refractivity contribution in [1.82, 2.24) is 14.8 Å². The molecule has 1 heterocycles. The maximum Gasteiger partial charge on any atom is 0.196 e. The monoisotopic (exact) mass is 385 g/mol. The first-order chi connectivity index (χ1) is 13.6. The van der Waals surface area contributed by atoms with Crippen molar-refractivity contribution in [3.8, 4) is 17.1 Å². The summed E-state index contributed by atoms with van der Waals surface area (Å²) in [5.41, 5.74) is 7.18. The average Bonchev–Trinajstić information content (AvgIpc) is 3.12. The van der Waals surface area contributed by atoms with Gasteiger partial charge in [-0.15, -0.1) is 10.2 Å². The fourth-order valence-electron chi connectivity index (χ4n) is 3.20. The van der Waals surface area contributed by atoms with Gasteiger partial charge in [-0.1, -0.05) is 83.6 Å². The van der Waals surface area contributed by atoms with E-state index in [9.17, 15) is 0 Å². The van der Waals surface area contributed by atoms with Gasteiger partial charge in [0.1, 0.15) is 0 Å². The predicted octanol–water partition coefficient (Wildman–Crippen LogP) is 6.15. The maximum absolute atomic E-state index is 4.56. The number of hydrogen-bond acceptors (Lipinski definition) is 3. The van der Waals surface area contributed by atoms with Crippen LogP contribution in [0.2, 0.25) is 0 Å². The molecule has 0 fully saturated rings. The van der Waals surface area contributed by atoms with E-state index in [1.165, 1.54) is 22.3 Å². The van der Waals surface area contributed by atoms with E-state index in [2.05, 4.69) is 108 Å². The molecule has 0 aliphatic heterocycles. The lowest BCUT2D eigenvalue weighted by Gasteiger charge is -2.13. The number of para-hydroxylation sites is 1. The lowest BCUT2D eigenvalue weighted by Crippen LogP contribution is -2.02. The van der Waals surface area contributed by atoms with Gasteiger partial charge in [0.05, 0.1) is 5.69 Å². The second-order valence-corrected chi connectivity index (χ2v) is 8.01. The summed E-state index contributed by atoms with van der Waals surface area (Å²) in [6.07, 6.45) is 0. The molecule has 3 aromatic carbocycles. The number of benzene rings is 3. The predicted molar refractivity (Wildman–Crippen MR) is 117 cm³/mol. The second-order valence-electron chi connectivity index (χ2n) is 7.07. The number of hydrogen-bond donors (Lipinski definition) is 0. The molecule has 1 aromatic heterocycles. The second kappa shape index (κ2) is 8.03. The van der Waals surface area contributed by atoms with Gasteiger partial charge in [0.25, 0.3) is 0 Å². The number of thioether (sulfide) groups is 1. The lowest BCUT2D eigenvalue weighted by atomic mass is 10.1. The highest BCUT2D eigenvalue weighted by Gasteiger charge is 2.17. The fraction of sp³-hybridized carbons (Fsp3) is 0.167. The quantitative estimate of drug-likeness (QED) is 0.386. The van der Waals surface area contributed by atoms with Crippen LogP contribution in [0, 0.1) is 20.8 Å². The van der Waals surface area contributed by atoms with E-state index in [1.807, 2.05) is 0 Å². The number of nitrogens with zero attached hydrogens (tertiary/aromatic N) is 3. The van der Waals surface area contributed by atoms with Crippen molar-refractivity contribution in [2.24, 2.45) is 0 Å². The van der Waals surface area contributed by atoms with Crippen molar-refractivity contribution in [1.29, 1.82) is 0 Å². The van der Waals surface area contributed by atoms with Crippen LogP contribution in [0.3, 0.4) is 0 Å². The van der Waals surface area contributed by atoms with E-state index in [1.54, 1.807) is 11.8 Å². The highest BCUT2D eigenvalue weighted by molar-refractivity contribution is 7.98. The van der Waals surface area contributed by atoms with Gasteiger partial charge in [-0.05, 0) is 44.0 Å². The molecule has 0 bridgehead atoms. The Morgan fingerprint density at radius 2 is 1.57 bits per heavy atom. The topological polar surface area (TPSA) is 30.7 Å². The molecule has 140 valence electrons. The van der Waals surface area contributed by atoms with Crippen LogP contribution >= 0.6 is 11.8 Å². The summed E-state index contributed by atoms with van der Waals surface area (Å²) in [5.74, 6) is 1.74. The molecule has 4 aromatic rings. The summed E-state index contributed by atoms with van der Waals surface area (Å²) < 4.78 is 2.18. The number of rotatable bonds is 5. The molecule has 0 N–H and O–H groups in total. The Labute approximate surface area is 170 Å². The Morgan fingerprint density at radius 3 is 2.32 bits per heavy atom. The zero-order chi connectivity index (χ0) is 19.5. The first-order valence-electron chi connectivity index (χ1n) is 9.38. The summed E-state index contributed by atoms with van der Waals surface area (Å²) >= 11 is 1.72. The number of aryl methyl sites for hydroxylation is 3. The number of aromatic nitrogens is 3. The van der Waals surface area contributed by atoms with Crippen molar-refractivity contribution in [3.05, 3.63) is 95.1 Å². The summed E-state index contributed by atoms with van der Waals surface area (Å²) in [4.78, 5) is 0. The first kappa shape index (κ1) is 18.5. The molecule has 0 spiro atoms. The van der Waals surface area contributed by atoms with Crippen LogP contribution in [0.25, 0.3) is 17.1 Å². The zero-order valence-corrected chi connectivity index (χ0v) is 17.2. The van der Waals surface area contributed by atoms with Gasteiger partial charge in [0, 0.05) is 11.3 Å². The van der Waals surface area contributed by atoms with Gasteiger partial charge < -0.3 is 0 Å². The fourth-order valence-corrected chi connectivity index (χ4v) is 4.10. The van der Waals surface area contributed by atoms with Crippen molar-refractivity contribution >= 4 is 11.8 Å². The maximum atomic E-state index is 4.56. The average molecular weight is 386 g/mol. The zero-order valence-electron chi connectivity index (χ0n) is 16.4. The molecule has 4 rings (SSSR count). The summed E-state index contributed by atoms with van der Waals surface area (Å²) in [5, 5.41) is 10.0. The van der Waals surface area contributed by atoms with Crippen LogP contribution < -0.4 is 0 Å². The largest absolute Gasteiger partial charge is 0.270 e. The third-order valence-corrected chi connectivity index (χ3v) is 5.75. The third kappa shape index (κ3) is 3.87. The van der Waals surface area contributed by atoms with Crippen LogP contribution in [0.4, 0.5) is 0 Å². The third-order valence-electron chi connectivity index (χ3n) is 4.75. The highest BCUT2D eigenvalue weighted by atomic mass is 32.2. The van der Waals surface area contributed by atoms with Crippen molar-refractivity contribution in [3.63, 3.8) is 0 Å². The minimum atomic E-state index is 0.859. The molecule has 0 amide bonds. The highest BCUT2D eigenvalue weighted by Crippen LogP contribution is 2.31. The van der Waals surface area contributed by atoms with E-state index in [-0.39, 0.29) is 0 Å². The molecule has 0 aliphatic rings. The molecule has 0 radical (unpaired) electrons. The lowest BCUT2D eigenvalue weighted by molar-refractivity contribution is 0.880. The molecule has 0 atom stereocenters. The molecular formula is C24H23N3S. The molecule has 4 heteroatoms. The summed E-state index contributed by atoms with van der Waals surface area (Å²) in [7, 11) is 0. The Morgan fingerprint density at radius 1 is 0.786 bits per heavy atom. The molecular weight excluding hydrogens is 362 g/mol. The van der Waals surface area contributed by atoms with E-state index in [0.717, 1.165) is 28.0 Å². The van der Waals surface area contributed by atoms with E-state index in [0.29, 0.717) is 0 Å². The summed E-state index contributed by atoms with van der Waals surface area (Å²) in [6.45, 7) is 6.34. The van der Waals surface area contributed by atoms with Gasteiger partial charge in [0.2, 0.25) is 0 Å². The molecule has 0 saturated carbocycles. The van der Waals surface area contributed by atoms with Crippen LogP contribution in [-0.4, -0.2) is 14.8 Å². The van der Waals surface area contributed by atoms with Crippen LogP contribution in [0.5, 0.6) is 0 Å². The Kier molecular flexibility index (Phi) is 5.31. The van der Waals surface area contributed by atoms with E-state index < -0.39 is 0 Å². The molecule has 0 unspecified atom stereocenters. The van der Waals surface area contributed by atoms with Gasteiger partial charge >= 0.3 is 0 Å². The Bertz CT molecular complexity index is 1100. The minimum Gasteiger partial charge on any atom is -0.270 e. The van der Waals surface area contributed by atoms with E-state index >= 15 is 0 Å². The van der Waals surface area contributed by atoms with Gasteiger partial charge in [0.15, 0.2) is 11.0 Å². The standard InChI is InChI=1S/C24H23N3S/c1-17-11-13-20(14-12-17)16-28-24-26-25-23(21-9-6-7-18(2)15-21)27(24)22-10-5-4-8-19(22)3/h4-15H,16H2,1-3H3. The molecule has 28 heavy (non-hydrogen) atoms. The van der Waals surface area contributed by atoms with E-state index in [4.69, 9.17) is 0 Å². The summed E-state index contributed by atoms with van der Waals surface area (Å²) in [6, 6.07) is 25.5. The van der Waals surface area contributed by atoms with Gasteiger partial charge in [-0.2, -0.15) is 0 Å². The van der Waals surface area contributed by atoms with Crippen molar-refractivity contribution < 1.29 is 0 Å². The van der Waals surface area contributed by atoms with Crippen molar-refractivity contribution in [2.45, 2.75) is 31.7 Å². The van der Waals surface area contributed by atoms with Gasteiger partial charge in [-0.25, -0.2) is 0 Å². The van der Waals surface area contributed by atoms with Crippen LogP contribution in [0.15, 0.2) is 78.0 Å². The molecule has 0 saturated heterocycles. The first-order valence-corrected chi connectivity index (χ1v) is 10.4. The SMILES string of the molecule is Cc1ccc(CSc2nnc(-c3cccc(C)c3)n2-c2ccccc2C)cc1. The molecule has 3 nitrogen and oxygen atoms in total. The molecule has 0 aliphatic carbocycles.